The molecule has 0 bridgehead atoms. The third-order valence-electron chi connectivity index (χ3n) is 6.05. The van der Waals surface area contributed by atoms with Gasteiger partial charge in [-0.2, -0.15) is 0 Å². The first-order valence-electron chi connectivity index (χ1n) is 12.4. The first kappa shape index (κ1) is 29.5. The van der Waals surface area contributed by atoms with Crippen molar-refractivity contribution in [1.82, 2.24) is 0 Å². The molecule has 0 spiro atoms. The topological polar surface area (TPSA) is 146 Å². The van der Waals surface area contributed by atoms with Crippen molar-refractivity contribution in [1.29, 1.82) is 0 Å². The SMILES string of the molecule is CCCCCCCCCCCCC/C=C/[C@@H](O)C(N)CO[C@@H]1O[C@H](CO)[C@@H](O)[C@H](O)[C@@H]1O. The Morgan fingerprint density at radius 3 is 2.00 bits per heavy atom. The summed E-state index contributed by atoms with van der Waals surface area (Å²) in [4.78, 5) is 0. The summed E-state index contributed by atoms with van der Waals surface area (Å²) in [6.07, 6.45) is 11.1. The van der Waals surface area contributed by atoms with Crippen LogP contribution in [0.2, 0.25) is 0 Å². The van der Waals surface area contributed by atoms with Crippen molar-refractivity contribution >= 4 is 0 Å². The van der Waals surface area contributed by atoms with Gasteiger partial charge in [-0.15, -0.1) is 0 Å². The predicted molar refractivity (Wildman–Crippen MR) is 124 cm³/mol. The normalized spacial score (nSPS) is 28.3. The number of rotatable bonds is 18. The van der Waals surface area contributed by atoms with Crippen molar-refractivity contribution in [3.05, 3.63) is 12.2 Å². The fraction of sp³-hybridized carbons (Fsp3) is 0.917. The lowest BCUT2D eigenvalue weighted by atomic mass is 9.99. The molecular formula is C24H47NO7. The largest absolute Gasteiger partial charge is 0.394 e. The minimum absolute atomic E-state index is 0.118. The van der Waals surface area contributed by atoms with Gasteiger partial charge >= 0.3 is 0 Å². The monoisotopic (exact) mass is 461 g/mol. The Kier molecular flexibility index (Phi) is 16.4. The lowest BCUT2D eigenvalue weighted by Crippen LogP contribution is -2.59. The van der Waals surface area contributed by atoms with E-state index in [2.05, 4.69) is 6.92 Å². The molecule has 8 nitrogen and oxygen atoms in total. The van der Waals surface area contributed by atoms with Gasteiger partial charge in [0.15, 0.2) is 6.29 Å². The Labute approximate surface area is 193 Å². The van der Waals surface area contributed by atoms with Gasteiger partial charge in [0.05, 0.1) is 25.4 Å². The molecular weight excluding hydrogens is 414 g/mol. The molecule has 0 aromatic rings. The van der Waals surface area contributed by atoms with E-state index in [0.29, 0.717) is 0 Å². The summed E-state index contributed by atoms with van der Waals surface area (Å²) in [5.74, 6) is 0. The minimum atomic E-state index is -1.50. The Bertz CT molecular complexity index is 477. The van der Waals surface area contributed by atoms with Gasteiger partial charge in [-0.05, 0) is 12.8 Å². The highest BCUT2D eigenvalue weighted by atomic mass is 16.7. The summed E-state index contributed by atoms with van der Waals surface area (Å²) in [5.41, 5.74) is 5.93. The molecule has 0 aromatic carbocycles. The molecule has 8 heteroatoms. The fourth-order valence-electron chi connectivity index (χ4n) is 3.81. The van der Waals surface area contributed by atoms with E-state index in [-0.39, 0.29) is 6.61 Å². The number of ether oxygens (including phenoxy) is 2. The van der Waals surface area contributed by atoms with Crippen LogP contribution in [0.1, 0.15) is 84.0 Å². The number of unbranched alkanes of at least 4 members (excludes halogenated alkanes) is 11. The molecule has 32 heavy (non-hydrogen) atoms. The lowest BCUT2D eigenvalue weighted by molar-refractivity contribution is -0.302. The van der Waals surface area contributed by atoms with Gasteiger partial charge in [0.25, 0.3) is 0 Å². The number of aliphatic hydroxyl groups is 5. The molecule has 0 aliphatic carbocycles. The lowest BCUT2D eigenvalue weighted by Gasteiger charge is -2.39. The van der Waals surface area contributed by atoms with Gasteiger partial charge in [-0.3, -0.25) is 0 Å². The average Bonchev–Trinajstić information content (AvgIpc) is 2.79. The van der Waals surface area contributed by atoms with E-state index in [1.807, 2.05) is 6.08 Å². The number of hydrogen-bond donors (Lipinski definition) is 6. The first-order chi connectivity index (χ1) is 15.4. The Hall–Kier alpha value is -0.580. The first-order valence-corrected chi connectivity index (χ1v) is 12.4. The zero-order valence-corrected chi connectivity index (χ0v) is 19.7. The van der Waals surface area contributed by atoms with E-state index in [9.17, 15) is 25.5 Å². The second-order valence-electron chi connectivity index (χ2n) is 8.94. The van der Waals surface area contributed by atoms with Crippen LogP contribution in [0.15, 0.2) is 12.2 Å². The van der Waals surface area contributed by atoms with Crippen molar-refractivity contribution in [3.8, 4) is 0 Å². The van der Waals surface area contributed by atoms with E-state index in [1.54, 1.807) is 6.08 Å². The summed E-state index contributed by atoms with van der Waals surface area (Å²) >= 11 is 0. The van der Waals surface area contributed by atoms with E-state index in [4.69, 9.17) is 15.2 Å². The third kappa shape index (κ3) is 11.5. The molecule has 1 rings (SSSR count). The molecule has 1 saturated heterocycles. The zero-order valence-electron chi connectivity index (χ0n) is 19.7. The summed E-state index contributed by atoms with van der Waals surface area (Å²) in [7, 11) is 0. The maximum absolute atomic E-state index is 10.2. The average molecular weight is 462 g/mol. The van der Waals surface area contributed by atoms with Crippen molar-refractivity contribution in [2.75, 3.05) is 13.2 Å². The molecule has 7 atom stereocenters. The van der Waals surface area contributed by atoms with Crippen LogP contribution in [0.25, 0.3) is 0 Å². The highest BCUT2D eigenvalue weighted by Gasteiger charge is 2.44. The van der Waals surface area contributed by atoms with E-state index in [0.717, 1.165) is 12.8 Å². The van der Waals surface area contributed by atoms with Crippen LogP contribution in [0.4, 0.5) is 0 Å². The number of aliphatic hydroxyl groups excluding tert-OH is 5. The molecule has 0 saturated carbocycles. The van der Waals surface area contributed by atoms with Gasteiger partial charge < -0.3 is 40.7 Å². The second kappa shape index (κ2) is 17.8. The number of hydrogen-bond acceptors (Lipinski definition) is 8. The van der Waals surface area contributed by atoms with Gasteiger partial charge in [0, 0.05) is 0 Å². The van der Waals surface area contributed by atoms with Crippen LogP contribution in [0, 0.1) is 0 Å². The predicted octanol–water partition coefficient (Wildman–Crippen LogP) is 1.75. The van der Waals surface area contributed by atoms with Crippen LogP contribution in [0.5, 0.6) is 0 Å². The highest BCUT2D eigenvalue weighted by Crippen LogP contribution is 2.22. The van der Waals surface area contributed by atoms with Crippen LogP contribution in [-0.4, -0.2) is 81.6 Å². The van der Waals surface area contributed by atoms with Crippen molar-refractivity contribution in [3.63, 3.8) is 0 Å². The molecule has 0 aromatic heterocycles. The minimum Gasteiger partial charge on any atom is -0.394 e. The molecule has 1 fully saturated rings. The molecule has 0 amide bonds. The van der Waals surface area contributed by atoms with E-state index in [1.165, 1.54) is 64.2 Å². The standard InChI is InChI=1S/C24H47NO7/c1-2-3-4-5-6-7-8-9-10-11-12-13-14-15-19(27)18(25)17-31-24-23(30)22(29)21(28)20(16-26)32-24/h14-15,18-24,26-30H,2-13,16-17,25H2,1H3/b15-14+/t18?,19-,20-,21-,22+,23+,24-/m1/s1. The van der Waals surface area contributed by atoms with Crippen molar-refractivity contribution < 1.29 is 35.0 Å². The smallest absolute Gasteiger partial charge is 0.186 e. The Morgan fingerprint density at radius 2 is 1.44 bits per heavy atom. The zero-order chi connectivity index (χ0) is 23.8. The van der Waals surface area contributed by atoms with Crippen LogP contribution < -0.4 is 5.73 Å². The number of allylic oxidation sites excluding steroid dienone is 1. The fourth-order valence-corrected chi connectivity index (χ4v) is 3.81. The third-order valence-corrected chi connectivity index (χ3v) is 6.05. The summed E-state index contributed by atoms with van der Waals surface area (Å²) in [6.45, 7) is 1.60. The maximum atomic E-state index is 10.2. The molecule has 1 aliphatic rings. The van der Waals surface area contributed by atoms with Gasteiger partial charge in [0.2, 0.25) is 0 Å². The molecule has 1 unspecified atom stereocenters. The quantitative estimate of drug-likeness (QED) is 0.134. The molecule has 7 N–H and O–H groups in total. The molecule has 190 valence electrons. The van der Waals surface area contributed by atoms with Gasteiger partial charge in [-0.1, -0.05) is 83.3 Å². The molecule has 0 radical (unpaired) electrons. The van der Waals surface area contributed by atoms with E-state index < -0.39 is 49.5 Å². The highest BCUT2D eigenvalue weighted by molar-refractivity contribution is 4.94. The molecule has 1 aliphatic heterocycles. The van der Waals surface area contributed by atoms with Crippen LogP contribution >= 0.6 is 0 Å². The molecule has 1 heterocycles. The summed E-state index contributed by atoms with van der Waals surface area (Å²) < 4.78 is 10.6. The van der Waals surface area contributed by atoms with Crippen molar-refractivity contribution in [2.45, 2.75) is 127 Å². The van der Waals surface area contributed by atoms with Gasteiger partial charge in [-0.25, -0.2) is 0 Å². The van der Waals surface area contributed by atoms with Crippen molar-refractivity contribution in [2.24, 2.45) is 5.73 Å². The second-order valence-corrected chi connectivity index (χ2v) is 8.94. The Balaban J connectivity index is 2.10. The summed E-state index contributed by atoms with van der Waals surface area (Å²) in [5, 5.41) is 48.8. The van der Waals surface area contributed by atoms with Crippen LogP contribution in [0.3, 0.4) is 0 Å². The van der Waals surface area contributed by atoms with E-state index >= 15 is 0 Å². The Morgan fingerprint density at radius 1 is 0.875 bits per heavy atom. The van der Waals surface area contributed by atoms with Gasteiger partial charge in [0.1, 0.15) is 24.4 Å². The maximum Gasteiger partial charge on any atom is 0.186 e. The number of nitrogens with two attached hydrogens (primary N) is 1. The summed E-state index contributed by atoms with van der Waals surface area (Å²) in [6, 6.07) is -0.740. The van der Waals surface area contributed by atoms with Crippen LogP contribution in [-0.2, 0) is 9.47 Å².